The molecule has 0 bridgehead atoms. The van der Waals surface area contributed by atoms with E-state index in [4.69, 9.17) is 0 Å². The Morgan fingerprint density at radius 3 is 2.61 bits per heavy atom. The van der Waals surface area contributed by atoms with Gasteiger partial charge in [-0.25, -0.2) is 4.98 Å². The smallest absolute Gasteiger partial charge is 0.258 e. The molecule has 6 nitrogen and oxygen atoms in total. The number of nitrogens with zero attached hydrogens (tertiary/aromatic N) is 2. The van der Waals surface area contributed by atoms with Gasteiger partial charge in [0.05, 0.1) is 23.5 Å². The summed E-state index contributed by atoms with van der Waals surface area (Å²) in [5, 5.41) is 1.49. The second-order valence-electron chi connectivity index (χ2n) is 6.88. The molecule has 0 aliphatic carbocycles. The van der Waals surface area contributed by atoms with Crippen molar-refractivity contribution < 1.29 is 4.79 Å². The molecule has 0 saturated carbocycles. The van der Waals surface area contributed by atoms with Crippen molar-refractivity contribution in [3.05, 3.63) is 76.5 Å². The van der Waals surface area contributed by atoms with Crippen LogP contribution in [0.2, 0.25) is 0 Å². The lowest BCUT2D eigenvalue weighted by atomic mass is 10.0. The fourth-order valence-corrected chi connectivity index (χ4v) is 3.59. The molecule has 4 rings (SSSR count). The number of ketones is 1. The molecule has 1 unspecified atom stereocenters. The van der Waals surface area contributed by atoms with Crippen LogP contribution in [0.25, 0.3) is 21.8 Å². The minimum Gasteiger partial charge on any atom is -0.360 e. The maximum Gasteiger partial charge on any atom is 0.258 e. The average molecular weight is 374 g/mol. The van der Waals surface area contributed by atoms with Crippen molar-refractivity contribution in [1.29, 1.82) is 0 Å². The molecule has 0 radical (unpaired) electrons. The van der Waals surface area contributed by atoms with Crippen molar-refractivity contribution >= 4 is 27.6 Å². The first-order valence-corrected chi connectivity index (χ1v) is 9.40. The number of carbonyl (C=O) groups excluding carboxylic acids is 1. The molecule has 2 N–H and O–H groups in total. The van der Waals surface area contributed by atoms with Gasteiger partial charge in [-0.1, -0.05) is 37.3 Å². The minimum atomic E-state index is -0.346. The summed E-state index contributed by atoms with van der Waals surface area (Å²) in [6.45, 7) is 4.95. The number of nitrogens with one attached hydrogen (secondary N) is 2. The van der Waals surface area contributed by atoms with Gasteiger partial charge in [0.15, 0.2) is 5.78 Å². The summed E-state index contributed by atoms with van der Waals surface area (Å²) in [6.07, 6.45) is 1.77. The lowest BCUT2D eigenvalue weighted by Gasteiger charge is -2.26. The zero-order valence-corrected chi connectivity index (χ0v) is 15.9. The van der Waals surface area contributed by atoms with Crippen molar-refractivity contribution in [2.45, 2.75) is 26.4 Å². The number of likely N-dealkylation sites (N-methyl/N-ethyl adjacent to an activating group) is 1. The van der Waals surface area contributed by atoms with Crippen molar-refractivity contribution in [3.63, 3.8) is 0 Å². The normalized spacial score (nSPS) is 12.7. The number of hydrogen-bond acceptors (Lipinski definition) is 4. The third-order valence-electron chi connectivity index (χ3n) is 5.20. The van der Waals surface area contributed by atoms with Crippen LogP contribution >= 0.6 is 0 Å². The highest BCUT2D eigenvalue weighted by Crippen LogP contribution is 2.21. The summed E-state index contributed by atoms with van der Waals surface area (Å²) in [4.78, 5) is 38.0. The number of carbonyl (C=O) groups is 1. The second kappa shape index (κ2) is 7.40. The van der Waals surface area contributed by atoms with Gasteiger partial charge in [-0.05, 0) is 31.7 Å². The number of aromatic amines is 2. The largest absolute Gasteiger partial charge is 0.360 e. The summed E-state index contributed by atoms with van der Waals surface area (Å²) in [5.41, 5.74) is 2.13. The fraction of sp³-hybridized carbons (Fsp3) is 0.227. The number of benzene rings is 2. The van der Waals surface area contributed by atoms with E-state index in [1.807, 2.05) is 61.2 Å². The first-order valence-electron chi connectivity index (χ1n) is 9.40. The Bertz CT molecular complexity index is 1210. The van der Waals surface area contributed by atoms with Gasteiger partial charge >= 0.3 is 0 Å². The van der Waals surface area contributed by atoms with Crippen molar-refractivity contribution in [2.24, 2.45) is 0 Å². The zero-order valence-electron chi connectivity index (χ0n) is 15.9. The molecule has 0 fully saturated rings. The highest BCUT2D eigenvalue weighted by Gasteiger charge is 2.24. The van der Waals surface area contributed by atoms with Crippen LogP contribution in [0.15, 0.2) is 59.5 Å². The van der Waals surface area contributed by atoms with E-state index in [0.29, 0.717) is 35.4 Å². The molecular weight excluding hydrogens is 352 g/mol. The molecule has 142 valence electrons. The molecular formula is C22H22N4O2. The van der Waals surface area contributed by atoms with E-state index < -0.39 is 0 Å². The molecule has 28 heavy (non-hydrogen) atoms. The van der Waals surface area contributed by atoms with Crippen LogP contribution in [0.1, 0.15) is 30.0 Å². The number of aromatic nitrogens is 3. The van der Waals surface area contributed by atoms with Crippen LogP contribution in [0.3, 0.4) is 0 Å². The van der Waals surface area contributed by atoms with Crippen LogP contribution in [-0.2, 0) is 6.54 Å². The molecule has 0 aliphatic heterocycles. The van der Waals surface area contributed by atoms with Crippen LogP contribution in [0, 0.1) is 0 Å². The fourth-order valence-electron chi connectivity index (χ4n) is 3.59. The van der Waals surface area contributed by atoms with E-state index >= 15 is 0 Å². The van der Waals surface area contributed by atoms with Gasteiger partial charge in [0.2, 0.25) is 0 Å². The topological polar surface area (TPSA) is 81.8 Å². The molecule has 0 aliphatic rings. The number of hydrogen-bond donors (Lipinski definition) is 2. The van der Waals surface area contributed by atoms with Gasteiger partial charge in [0.1, 0.15) is 5.82 Å². The highest BCUT2D eigenvalue weighted by atomic mass is 16.1. The van der Waals surface area contributed by atoms with Gasteiger partial charge in [-0.15, -0.1) is 0 Å². The number of fused-ring (bicyclic) bond motifs is 2. The van der Waals surface area contributed by atoms with Gasteiger partial charge in [-0.3, -0.25) is 14.5 Å². The van der Waals surface area contributed by atoms with Crippen LogP contribution in [-0.4, -0.2) is 38.2 Å². The Morgan fingerprint density at radius 2 is 1.82 bits per heavy atom. The third-order valence-corrected chi connectivity index (χ3v) is 5.20. The van der Waals surface area contributed by atoms with E-state index in [1.165, 1.54) is 0 Å². The minimum absolute atomic E-state index is 0.0439. The number of Topliss-reactive ketones (excluding diaryl/α,β-unsaturated/α-hetero) is 1. The summed E-state index contributed by atoms with van der Waals surface area (Å²) in [6, 6.07) is 14.7. The standard InChI is InChI=1S/C22H22N4O2/c1-3-26(13-20-24-19-11-7-5-9-16(19)22(28)25-20)14(2)21(27)17-12-23-18-10-6-4-8-15(17)18/h4-12,14,23H,3,13H2,1-2H3,(H,24,25,28). The van der Waals surface area contributed by atoms with E-state index in [9.17, 15) is 9.59 Å². The SMILES string of the molecule is CCN(Cc1nc2ccccc2c(=O)[nH]1)C(C)C(=O)c1c[nH]c2ccccc12. The quantitative estimate of drug-likeness (QED) is 0.506. The molecule has 2 aromatic carbocycles. The Morgan fingerprint density at radius 1 is 1.11 bits per heavy atom. The molecule has 4 aromatic rings. The molecule has 6 heteroatoms. The summed E-state index contributed by atoms with van der Waals surface area (Å²) >= 11 is 0. The third kappa shape index (κ3) is 3.23. The lowest BCUT2D eigenvalue weighted by Crippen LogP contribution is -2.39. The maximum absolute atomic E-state index is 13.1. The second-order valence-corrected chi connectivity index (χ2v) is 6.88. The van der Waals surface area contributed by atoms with E-state index in [0.717, 1.165) is 10.9 Å². The number of rotatable bonds is 6. The predicted molar refractivity (Wildman–Crippen MR) is 111 cm³/mol. The Kier molecular flexibility index (Phi) is 4.79. The molecule has 0 saturated heterocycles. The van der Waals surface area contributed by atoms with Gasteiger partial charge < -0.3 is 9.97 Å². The Labute approximate surface area is 162 Å². The monoisotopic (exact) mass is 374 g/mol. The van der Waals surface area contributed by atoms with Gasteiger partial charge in [0.25, 0.3) is 5.56 Å². The summed E-state index contributed by atoms with van der Waals surface area (Å²) in [5.74, 6) is 0.603. The van der Waals surface area contributed by atoms with Gasteiger partial charge in [0, 0.05) is 22.7 Å². The Balaban J connectivity index is 1.61. The van der Waals surface area contributed by atoms with Crippen molar-refractivity contribution in [3.8, 4) is 0 Å². The molecule has 0 spiro atoms. The van der Waals surface area contributed by atoms with Crippen LogP contribution in [0.4, 0.5) is 0 Å². The highest BCUT2D eigenvalue weighted by molar-refractivity contribution is 6.10. The van der Waals surface area contributed by atoms with E-state index in [2.05, 4.69) is 15.0 Å². The first-order chi connectivity index (χ1) is 13.6. The van der Waals surface area contributed by atoms with Gasteiger partial charge in [-0.2, -0.15) is 0 Å². The predicted octanol–water partition coefficient (Wildman–Crippen LogP) is 3.50. The number of H-pyrrole nitrogens is 2. The maximum atomic E-state index is 13.1. The molecule has 2 heterocycles. The summed E-state index contributed by atoms with van der Waals surface area (Å²) < 4.78 is 0. The molecule has 0 amide bonds. The van der Waals surface area contributed by atoms with E-state index in [1.54, 1.807) is 12.3 Å². The Hall–Kier alpha value is -3.25. The average Bonchev–Trinajstić information content (AvgIpc) is 3.15. The van der Waals surface area contributed by atoms with E-state index in [-0.39, 0.29) is 17.4 Å². The molecule has 2 aromatic heterocycles. The molecule has 1 atom stereocenters. The lowest BCUT2D eigenvalue weighted by molar-refractivity contribution is 0.0834. The number of para-hydroxylation sites is 2. The summed E-state index contributed by atoms with van der Waals surface area (Å²) in [7, 11) is 0. The van der Waals surface area contributed by atoms with Crippen LogP contribution < -0.4 is 5.56 Å². The first kappa shape index (κ1) is 18.1. The van der Waals surface area contributed by atoms with Crippen molar-refractivity contribution in [2.75, 3.05) is 6.54 Å². The van der Waals surface area contributed by atoms with Crippen molar-refractivity contribution in [1.82, 2.24) is 19.9 Å². The van der Waals surface area contributed by atoms with Crippen LogP contribution in [0.5, 0.6) is 0 Å². The zero-order chi connectivity index (χ0) is 19.7.